The first-order valence-corrected chi connectivity index (χ1v) is 8.15. The molecule has 2 rings (SSSR count). The molecule has 3 nitrogen and oxygen atoms in total. The van der Waals surface area contributed by atoms with Crippen molar-refractivity contribution in [2.45, 2.75) is 13.1 Å². The molecule has 0 spiro atoms. The second-order valence-electron chi connectivity index (χ2n) is 4.99. The third-order valence-corrected chi connectivity index (χ3v) is 4.27. The van der Waals surface area contributed by atoms with Gasteiger partial charge in [0.05, 0.1) is 7.11 Å². The van der Waals surface area contributed by atoms with Crippen LogP contribution in [0.5, 0.6) is 5.75 Å². The van der Waals surface area contributed by atoms with E-state index in [4.69, 9.17) is 17.0 Å². The number of ether oxygens (including phenoxy) is 1. The lowest BCUT2D eigenvalue weighted by atomic mass is 10.2. The minimum atomic E-state index is 0.702. The Kier molecular flexibility index (Phi) is 6.21. The van der Waals surface area contributed by atoms with Crippen LogP contribution in [-0.2, 0) is 13.1 Å². The standard InChI is InChI=1S/C17H19BrN2OS/c1-20(12-14-3-7-15(18)8-4-14)17(22)19-11-13-5-9-16(21-2)10-6-13/h3-10H,11-12H2,1-2H3,(H,19,22). The van der Waals surface area contributed by atoms with Crippen LogP contribution < -0.4 is 10.1 Å². The monoisotopic (exact) mass is 378 g/mol. The number of benzene rings is 2. The Morgan fingerprint density at radius 3 is 2.27 bits per heavy atom. The van der Waals surface area contributed by atoms with Gasteiger partial charge >= 0.3 is 0 Å². The van der Waals surface area contributed by atoms with Crippen LogP contribution in [0.4, 0.5) is 0 Å². The quantitative estimate of drug-likeness (QED) is 0.795. The second-order valence-corrected chi connectivity index (χ2v) is 6.29. The summed E-state index contributed by atoms with van der Waals surface area (Å²) in [6.07, 6.45) is 0. The highest BCUT2D eigenvalue weighted by Gasteiger charge is 2.05. The summed E-state index contributed by atoms with van der Waals surface area (Å²) in [6, 6.07) is 16.2. The van der Waals surface area contributed by atoms with Crippen LogP contribution in [-0.4, -0.2) is 24.2 Å². The summed E-state index contributed by atoms with van der Waals surface area (Å²) in [4.78, 5) is 2.03. The van der Waals surface area contributed by atoms with Gasteiger partial charge < -0.3 is 15.0 Å². The molecule has 0 saturated carbocycles. The molecular formula is C17H19BrN2OS. The molecule has 0 aliphatic carbocycles. The third-order valence-electron chi connectivity index (χ3n) is 3.28. The zero-order chi connectivity index (χ0) is 15.9. The smallest absolute Gasteiger partial charge is 0.169 e. The Morgan fingerprint density at radius 1 is 1.09 bits per heavy atom. The highest BCUT2D eigenvalue weighted by Crippen LogP contribution is 2.13. The van der Waals surface area contributed by atoms with Gasteiger partial charge in [0.25, 0.3) is 0 Å². The predicted molar refractivity (Wildman–Crippen MR) is 98.0 cm³/mol. The van der Waals surface area contributed by atoms with Crippen LogP contribution >= 0.6 is 28.1 Å². The summed E-state index contributed by atoms with van der Waals surface area (Å²) in [5, 5.41) is 4.01. The van der Waals surface area contributed by atoms with Crippen LogP contribution in [0.1, 0.15) is 11.1 Å². The maximum Gasteiger partial charge on any atom is 0.169 e. The van der Waals surface area contributed by atoms with Crippen LogP contribution in [0.25, 0.3) is 0 Å². The summed E-state index contributed by atoms with van der Waals surface area (Å²) >= 11 is 8.87. The number of hydrogen-bond donors (Lipinski definition) is 1. The van der Waals surface area contributed by atoms with Gasteiger partial charge in [-0.25, -0.2) is 0 Å². The van der Waals surface area contributed by atoms with Gasteiger partial charge in [-0.3, -0.25) is 0 Å². The van der Waals surface area contributed by atoms with Crippen molar-refractivity contribution in [3.63, 3.8) is 0 Å². The molecule has 1 N–H and O–H groups in total. The maximum atomic E-state index is 5.43. The number of hydrogen-bond acceptors (Lipinski definition) is 2. The molecule has 0 unspecified atom stereocenters. The molecule has 5 heteroatoms. The average Bonchev–Trinajstić information content (AvgIpc) is 2.55. The van der Waals surface area contributed by atoms with Crippen molar-refractivity contribution < 1.29 is 4.74 Å². The number of nitrogens with zero attached hydrogens (tertiary/aromatic N) is 1. The van der Waals surface area contributed by atoms with Gasteiger partial charge in [0.15, 0.2) is 5.11 Å². The van der Waals surface area contributed by atoms with E-state index < -0.39 is 0 Å². The van der Waals surface area contributed by atoms with Gasteiger partial charge in [0.1, 0.15) is 5.75 Å². The van der Waals surface area contributed by atoms with Crippen molar-refractivity contribution in [1.82, 2.24) is 10.2 Å². The lowest BCUT2D eigenvalue weighted by Gasteiger charge is -2.21. The molecule has 0 heterocycles. The lowest BCUT2D eigenvalue weighted by molar-refractivity contribution is 0.414. The van der Waals surface area contributed by atoms with E-state index in [0.29, 0.717) is 6.54 Å². The van der Waals surface area contributed by atoms with Crippen molar-refractivity contribution in [2.75, 3.05) is 14.2 Å². The largest absolute Gasteiger partial charge is 0.497 e. The Bertz CT molecular complexity index is 614. The van der Waals surface area contributed by atoms with Crippen molar-refractivity contribution in [3.8, 4) is 5.75 Å². The normalized spacial score (nSPS) is 10.1. The van der Waals surface area contributed by atoms with Crippen molar-refractivity contribution in [3.05, 3.63) is 64.1 Å². The molecule has 0 fully saturated rings. The van der Waals surface area contributed by atoms with E-state index in [2.05, 4.69) is 33.4 Å². The molecular weight excluding hydrogens is 360 g/mol. The fraction of sp³-hybridized carbons (Fsp3) is 0.235. The zero-order valence-electron chi connectivity index (χ0n) is 12.7. The van der Waals surface area contributed by atoms with Crippen molar-refractivity contribution >= 4 is 33.3 Å². The Hall–Kier alpha value is -1.59. The molecule has 0 aliphatic heterocycles. The van der Waals surface area contributed by atoms with Crippen LogP contribution in [0, 0.1) is 0 Å². The Morgan fingerprint density at radius 2 is 1.68 bits per heavy atom. The first-order chi connectivity index (χ1) is 10.6. The van der Waals surface area contributed by atoms with E-state index >= 15 is 0 Å². The molecule has 0 amide bonds. The first-order valence-electron chi connectivity index (χ1n) is 6.95. The fourth-order valence-electron chi connectivity index (χ4n) is 1.99. The van der Waals surface area contributed by atoms with Gasteiger partial charge in [-0.05, 0) is 47.6 Å². The van der Waals surface area contributed by atoms with E-state index in [0.717, 1.165) is 21.9 Å². The van der Waals surface area contributed by atoms with E-state index in [1.807, 2.05) is 48.3 Å². The summed E-state index contributed by atoms with van der Waals surface area (Å²) in [5.74, 6) is 0.860. The first kappa shape index (κ1) is 16.8. The van der Waals surface area contributed by atoms with E-state index in [-0.39, 0.29) is 0 Å². The van der Waals surface area contributed by atoms with Gasteiger partial charge in [-0.2, -0.15) is 0 Å². The Labute approximate surface area is 145 Å². The third kappa shape index (κ3) is 5.00. The summed E-state index contributed by atoms with van der Waals surface area (Å²) in [6.45, 7) is 1.48. The number of rotatable bonds is 5. The maximum absolute atomic E-state index is 5.43. The molecule has 0 radical (unpaired) electrons. The molecule has 0 bridgehead atoms. The highest BCUT2D eigenvalue weighted by molar-refractivity contribution is 9.10. The minimum absolute atomic E-state index is 0.702. The van der Waals surface area contributed by atoms with E-state index in [1.54, 1.807) is 7.11 Å². The molecule has 2 aromatic rings. The molecule has 2 aromatic carbocycles. The summed E-state index contributed by atoms with van der Waals surface area (Å²) < 4.78 is 6.23. The number of thiocarbonyl (C=S) groups is 1. The highest BCUT2D eigenvalue weighted by atomic mass is 79.9. The topological polar surface area (TPSA) is 24.5 Å². The minimum Gasteiger partial charge on any atom is -0.497 e. The Balaban J connectivity index is 1.84. The number of halogens is 1. The lowest BCUT2D eigenvalue weighted by Crippen LogP contribution is -2.36. The van der Waals surface area contributed by atoms with Crippen molar-refractivity contribution in [1.29, 1.82) is 0 Å². The van der Waals surface area contributed by atoms with Gasteiger partial charge in [-0.1, -0.05) is 40.2 Å². The molecule has 22 heavy (non-hydrogen) atoms. The van der Waals surface area contributed by atoms with E-state index in [9.17, 15) is 0 Å². The van der Waals surface area contributed by atoms with Crippen LogP contribution in [0.2, 0.25) is 0 Å². The van der Waals surface area contributed by atoms with Crippen LogP contribution in [0.15, 0.2) is 53.0 Å². The molecule has 0 aromatic heterocycles. The summed E-state index contributed by atoms with van der Waals surface area (Å²) in [7, 11) is 3.66. The van der Waals surface area contributed by atoms with Gasteiger partial charge in [0.2, 0.25) is 0 Å². The zero-order valence-corrected chi connectivity index (χ0v) is 15.1. The predicted octanol–water partition coefficient (Wildman–Crippen LogP) is 3.96. The molecule has 116 valence electrons. The summed E-state index contributed by atoms with van der Waals surface area (Å²) in [5.41, 5.74) is 2.39. The van der Waals surface area contributed by atoms with Gasteiger partial charge in [-0.15, -0.1) is 0 Å². The number of nitrogens with one attached hydrogen (secondary N) is 1. The average molecular weight is 379 g/mol. The number of methoxy groups -OCH3 is 1. The van der Waals surface area contributed by atoms with Crippen LogP contribution in [0.3, 0.4) is 0 Å². The fourth-order valence-corrected chi connectivity index (χ4v) is 2.39. The molecule has 0 aliphatic rings. The van der Waals surface area contributed by atoms with E-state index in [1.165, 1.54) is 11.1 Å². The van der Waals surface area contributed by atoms with Gasteiger partial charge in [0, 0.05) is 24.6 Å². The SMILES string of the molecule is COc1ccc(CNC(=S)N(C)Cc2ccc(Br)cc2)cc1. The molecule has 0 atom stereocenters. The van der Waals surface area contributed by atoms with Crippen molar-refractivity contribution in [2.24, 2.45) is 0 Å². The molecule has 0 saturated heterocycles. The second kappa shape index (κ2) is 8.15.